The van der Waals surface area contributed by atoms with Crippen molar-refractivity contribution in [2.24, 2.45) is 10.5 Å². The molecular weight excluding hydrogens is 379 g/mol. The molecule has 2 unspecified atom stereocenters. The molecule has 2 heterocycles. The highest BCUT2D eigenvalue weighted by atomic mass is 35.5. The molecule has 1 aromatic rings. The first-order valence-corrected chi connectivity index (χ1v) is 7.54. The molecule has 2 rings (SSSR count). The summed E-state index contributed by atoms with van der Waals surface area (Å²) in [6.45, 7) is 1.15. The van der Waals surface area contributed by atoms with Gasteiger partial charge in [-0.15, -0.1) is 0 Å². The minimum atomic E-state index is -4.58. The second kappa shape index (κ2) is 7.45. The number of hydroxylamine groups is 1. The number of aliphatic carboxylic acids is 1. The van der Waals surface area contributed by atoms with E-state index < -0.39 is 29.2 Å². The second-order valence-corrected chi connectivity index (χ2v) is 5.92. The lowest BCUT2D eigenvalue weighted by Gasteiger charge is -2.22. The van der Waals surface area contributed by atoms with Crippen LogP contribution < -0.4 is 10.5 Å². The highest BCUT2D eigenvalue weighted by Gasteiger charge is 2.38. The molecule has 140 valence electrons. The second-order valence-electron chi connectivity index (χ2n) is 5.52. The van der Waals surface area contributed by atoms with E-state index in [4.69, 9.17) is 21.5 Å². The smallest absolute Gasteiger partial charge is 0.417 e. The number of carbonyl (C=O) groups is 1. The molecule has 0 aromatic carbocycles. The number of nitrogens with zero attached hydrogens (tertiary/aromatic N) is 4. The predicted octanol–water partition coefficient (Wildman–Crippen LogP) is 2.06. The summed E-state index contributed by atoms with van der Waals surface area (Å²) in [4.78, 5) is 19.2. The lowest BCUT2D eigenvalue weighted by atomic mass is 9.92. The van der Waals surface area contributed by atoms with E-state index in [0.717, 1.165) is 6.07 Å². The number of nitrogens with one attached hydrogen (secondary N) is 1. The predicted molar refractivity (Wildman–Crippen MR) is 84.3 cm³/mol. The fraction of sp³-hybridized carbons (Fsp3) is 0.429. The zero-order chi connectivity index (χ0) is 19.5. The quantitative estimate of drug-likeness (QED) is 0.714. The van der Waals surface area contributed by atoms with Crippen molar-refractivity contribution < 1.29 is 27.9 Å². The van der Waals surface area contributed by atoms with Gasteiger partial charge in [-0.1, -0.05) is 11.6 Å². The van der Waals surface area contributed by atoms with Crippen LogP contribution >= 0.6 is 11.6 Å². The van der Waals surface area contributed by atoms with E-state index in [1.54, 1.807) is 0 Å². The minimum absolute atomic E-state index is 0.0344. The molecule has 12 heteroatoms. The fourth-order valence-corrected chi connectivity index (χ4v) is 2.25. The van der Waals surface area contributed by atoms with Crippen LogP contribution in [0.4, 0.5) is 19.0 Å². The van der Waals surface area contributed by atoms with E-state index in [9.17, 15) is 23.2 Å². The van der Waals surface area contributed by atoms with Gasteiger partial charge in [0.2, 0.25) is 0 Å². The Morgan fingerprint density at radius 3 is 2.88 bits per heavy atom. The average molecular weight is 392 g/mol. The van der Waals surface area contributed by atoms with Gasteiger partial charge >= 0.3 is 12.1 Å². The summed E-state index contributed by atoms with van der Waals surface area (Å²) >= 11 is 5.87. The van der Waals surface area contributed by atoms with Crippen molar-refractivity contribution in [2.75, 3.05) is 18.1 Å². The third kappa shape index (κ3) is 4.40. The molecule has 2 atom stereocenters. The van der Waals surface area contributed by atoms with Crippen molar-refractivity contribution in [2.45, 2.75) is 19.2 Å². The van der Waals surface area contributed by atoms with Gasteiger partial charge in [-0.05, 0) is 13.0 Å². The van der Waals surface area contributed by atoms with Gasteiger partial charge in [-0.3, -0.25) is 4.84 Å². The van der Waals surface area contributed by atoms with Crippen LogP contribution in [-0.2, 0) is 15.8 Å². The Kier molecular flexibility index (Phi) is 5.70. The Morgan fingerprint density at radius 2 is 2.35 bits per heavy atom. The van der Waals surface area contributed by atoms with Gasteiger partial charge < -0.3 is 5.11 Å². The Hall–Kier alpha value is -2.42. The van der Waals surface area contributed by atoms with Gasteiger partial charge in [-0.25, -0.2) is 14.8 Å². The molecule has 1 aliphatic heterocycles. The van der Waals surface area contributed by atoms with E-state index in [0.29, 0.717) is 6.20 Å². The Bertz CT molecular complexity index is 767. The standard InChI is InChI=1S/C14H13ClF3N5O3/c1-8(12(24)25)26-22-6-13(4-19)5-21-23(7-13)11-10(15)2-9(3-20-11)14(16,17)18/h2-3,5,8,22H,6-7H2,1H3,(H,24,25). The number of pyridine rings is 1. The fourth-order valence-electron chi connectivity index (χ4n) is 1.99. The summed E-state index contributed by atoms with van der Waals surface area (Å²) in [5.41, 5.74) is 0.189. The molecule has 1 aliphatic rings. The van der Waals surface area contributed by atoms with Crippen LogP contribution in [0.15, 0.2) is 17.4 Å². The van der Waals surface area contributed by atoms with Crippen molar-refractivity contribution in [3.63, 3.8) is 0 Å². The molecule has 0 saturated carbocycles. The zero-order valence-corrected chi connectivity index (χ0v) is 14.0. The number of aromatic nitrogens is 1. The summed E-state index contributed by atoms with van der Waals surface area (Å²) < 4.78 is 38.0. The van der Waals surface area contributed by atoms with Crippen LogP contribution in [0.25, 0.3) is 0 Å². The number of hydrogen-bond acceptors (Lipinski definition) is 7. The van der Waals surface area contributed by atoms with E-state index in [2.05, 4.69) is 15.6 Å². The van der Waals surface area contributed by atoms with Crippen molar-refractivity contribution in [3.05, 3.63) is 22.8 Å². The summed E-state index contributed by atoms with van der Waals surface area (Å²) in [5.74, 6) is -1.22. The van der Waals surface area contributed by atoms with E-state index in [1.165, 1.54) is 18.1 Å². The van der Waals surface area contributed by atoms with Crippen LogP contribution in [-0.4, -0.2) is 41.5 Å². The van der Waals surface area contributed by atoms with Gasteiger partial charge in [0.25, 0.3) is 0 Å². The maximum Gasteiger partial charge on any atom is 0.417 e. The minimum Gasteiger partial charge on any atom is -0.479 e. The highest BCUT2D eigenvalue weighted by molar-refractivity contribution is 6.33. The van der Waals surface area contributed by atoms with Crippen molar-refractivity contribution in [1.82, 2.24) is 10.5 Å². The average Bonchev–Trinajstić information content (AvgIpc) is 2.98. The zero-order valence-electron chi connectivity index (χ0n) is 13.3. The molecule has 0 radical (unpaired) electrons. The van der Waals surface area contributed by atoms with Crippen LogP contribution in [0.5, 0.6) is 0 Å². The molecule has 8 nitrogen and oxygen atoms in total. The lowest BCUT2D eigenvalue weighted by Crippen LogP contribution is -2.40. The van der Waals surface area contributed by atoms with E-state index >= 15 is 0 Å². The molecule has 1 aromatic heterocycles. The normalized spacial score (nSPS) is 20.8. The lowest BCUT2D eigenvalue weighted by molar-refractivity contribution is -0.154. The molecule has 0 spiro atoms. The number of carboxylic acid groups (broad SMARTS) is 1. The molecule has 2 N–H and O–H groups in total. The third-order valence-electron chi connectivity index (χ3n) is 3.49. The number of nitriles is 1. The monoisotopic (exact) mass is 391 g/mol. The highest BCUT2D eigenvalue weighted by Crippen LogP contribution is 2.35. The first kappa shape index (κ1) is 19.9. The molecule has 0 bridgehead atoms. The topological polar surface area (TPSA) is 111 Å². The van der Waals surface area contributed by atoms with Gasteiger partial charge in [0.15, 0.2) is 11.9 Å². The SMILES string of the molecule is CC(ONCC1(C#N)C=NN(c2ncc(C(F)(F)F)cc2Cl)C1)C(=O)O. The molecular formula is C14H13ClF3N5O3. The summed E-state index contributed by atoms with van der Waals surface area (Å²) in [6.07, 6.45) is -3.82. The maximum absolute atomic E-state index is 12.7. The first-order chi connectivity index (χ1) is 12.1. The van der Waals surface area contributed by atoms with Crippen LogP contribution in [0.2, 0.25) is 5.02 Å². The van der Waals surface area contributed by atoms with Crippen molar-refractivity contribution >= 4 is 29.6 Å². The number of hydrazone groups is 1. The summed E-state index contributed by atoms with van der Waals surface area (Å²) in [6, 6.07) is 2.73. The molecule has 26 heavy (non-hydrogen) atoms. The van der Waals surface area contributed by atoms with Gasteiger partial charge in [-0.2, -0.15) is 29.0 Å². The number of carboxylic acids is 1. The summed E-state index contributed by atoms with van der Waals surface area (Å²) in [5, 5.41) is 23.0. The van der Waals surface area contributed by atoms with E-state index in [-0.39, 0.29) is 23.9 Å². The van der Waals surface area contributed by atoms with Crippen LogP contribution in [0, 0.1) is 16.7 Å². The third-order valence-corrected chi connectivity index (χ3v) is 3.77. The Labute approximate surface area is 150 Å². The molecule has 0 saturated heterocycles. The van der Waals surface area contributed by atoms with E-state index in [1.807, 2.05) is 6.07 Å². The number of rotatable bonds is 6. The van der Waals surface area contributed by atoms with Crippen molar-refractivity contribution in [1.29, 1.82) is 5.26 Å². The Morgan fingerprint density at radius 1 is 1.65 bits per heavy atom. The molecule has 0 amide bonds. The van der Waals surface area contributed by atoms with Gasteiger partial charge in [0.05, 0.1) is 23.2 Å². The molecule has 0 aliphatic carbocycles. The molecule has 0 fully saturated rings. The van der Waals surface area contributed by atoms with Gasteiger partial charge in [0.1, 0.15) is 5.41 Å². The maximum atomic E-state index is 12.7. The number of hydrogen-bond donors (Lipinski definition) is 2. The van der Waals surface area contributed by atoms with Crippen molar-refractivity contribution in [3.8, 4) is 6.07 Å². The van der Waals surface area contributed by atoms with Gasteiger partial charge in [0, 0.05) is 19.0 Å². The Balaban J connectivity index is 2.08. The number of anilines is 1. The largest absolute Gasteiger partial charge is 0.479 e. The van der Waals surface area contributed by atoms with Crippen LogP contribution in [0.3, 0.4) is 0 Å². The number of alkyl halides is 3. The number of halogens is 4. The first-order valence-electron chi connectivity index (χ1n) is 7.16. The van der Waals surface area contributed by atoms with Crippen LogP contribution in [0.1, 0.15) is 12.5 Å². The summed E-state index contributed by atoms with van der Waals surface area (Å²) in [7, 11) is 0.